The number of halogens is 1. The van der Waals surface area contributed by atoms with Gasteiger partial charge in [-0.1, -0.05) is 12.1 Å². The van der Waals surface area contributed by atoms with Crippen LogP contribution in [0.2, 0.25) is 0 Å². The Bertz CT molecular complexity index is 699. The van der Waals surface area contributed by atoms with E-state index < -0.39 is 10.0 Å². The normalized spacial score (nSPS) is 20.7. The van der Waals surface area contributed by atoms with E-state index in [2.05, 4.69) is 22.5 Å². The van der Waals surface area contributed by atoms with Crippen LogP contribution in [-0.2, 0) is 21.3 Å². The van der Waals surface area contributed by atoms with E-state index in [1.165, 1.54) is 18.4 Å². The molecule has 26 heavy (non-hydrogen) atoms. The average Bonchev–Trinajstić information content (AvgIpc) is 3.02. The van der Waals surface area contributed by atoms with Crippen molar-refractivity contribution in [3.63, 3.8) is 0 Å². The van der Waals surface area contributed by atoms with Gasteiger partial charge in [-0.3, -0.25) is 4.99 Å². The quantitative estimate of drug-likeness (QED) is 0.357. The lowest BCUT2D eigenvalue weighted by atomic mass is 10.0. The van der Waals surface area contributed by atoms with E-state index in [0.29, 0.717) is 19.0 Å². The average molecular weight is 496 g/mol. The molecule has 7 nitrogen and oxygen atoms in total. The van der Waals surface area contributed by atoms with Gasteiger partial charge in [0, 0.05) is 40.8 Å². The number of nitrogens with zero attached hydrogens (tertiary/aromatic N) is 2. The molecule has 1 heterocycles. The molecule has 1 aromatic rings. The van der Waals surface area contributed by atoms with Crippen LogP contribution in [0.5, 0.6) is 0 Å². The summed E-state index contributed by atoms with van der Waals surface area (Å²) in [5, 5.41) is 6.52. The molecule has 1 aliphatic heterocycles. The first-order chi connectivity index (χ1) is 11.8. The topological polar surface area (TPSA) is 83.0 Å². The summed E-state index contributed by atoms with van der Waals surface area (Å²) in [5.74, 6) is 0.696. The molecule has 0 spiro atoms. The standard InChI is InChI=1S/C17H28N4O3S.HI/c1-17(10-5-11-24-17)13-20-16(18-2)19-12-14-6-8-15(9-7-14)25(22,23)21(3)4;/h6-9H,5,10-13H2,1-4H3,(H2,18,19,20);1H. The highest BCUT2D eigenvalue weighted by Crippen LogP contribution is 2.23. The van der Waals surface area contributed by atoms with Crippen molar-refractivity contribution in [3.8, 4) is 0 Å². The molecule has 1 aromatic carbocycles. The smallest absolute Gasteiger partial charge is 0.242 e. The van der Waals surface area contributed by atoms with Crippen molar-refractivity contribution in [1.29, 1.82) is 0 Å². The molecule has 148 valence electrons. The van der Waals surface area contributed by atoms with Crippen LogP contribution in [0.15, 0.2) is 34.2 Å². The summed E-state index contributed by atoms with van der Waals surface area (Å²) in [7, 11) is 1.38. The van der Waals surface area contributed by atoms with Crippen LogP contribution < -0.4 is 10.6 Å². The number of hydrogen-bond donors (Lipinski definition) is 2. The molecular weight excluding hydrogens is 467 g/mol. The van der Waals surface area contributed by atoms with Crippen LogP contribution in [0, 0.1) is 0 Å². The maximum Gasteiger partial charge on any atom is 0.242 e. The number of benzene rings is 1. The number of ether oxygens (including phenoxy) is 1. The van der Waals surface area contributed by atoms with Gasteiger partial charge in [0.15, 0.2) is 5.96 Å². The summed E-state index contributed by atoms with van der Waals surface area (Å²) in [6, 6.07) is 6.85. The third kappa shape index (κ3) is 6.07. The van der Waals surface area contributed by atoms with Gasteiger partial charge in [0.2, 0.25) is 10.0 Å². The zero-order valence-electron chi connectivity index (χ0n) is 15.8. The lowest BCUT2D eigenvalue weighted by Crippen LogP contribution is -2.45. The Morgan fingerprint density at radius 3 is 2.42 bits per heavy atom. The number of sulfonamides is 1. The molecule has 2 rings (SSSR count). The zero-order valence-corrected chi connectivity index (χ0v) is 18.9. The Morgan fingerprint density at radius 1 is 1.27 bits per heavy atom. The van der Waals surface area contributed by atoms with Gasteiger partial charge in [-0.05, 0) is 37.5 Å². The van der Waals surface area contributed by atoms with Crippen molar-refractivity contribution in [2.75, 3.05) is 34.3 Å². The van der Waals surface area contributed by atoms with E-state index in [1.54, 1.807) is 31.3 Å². The van der Waals surface area contributed by atoms with Crippen molar-refractivity contribution in [2.45, 2.75) is 36.8 Å². The fraction of sp³-hybridized carbons (Fsp3) is 0.588. The minimum absolute atomic E-state index is 0. The molecule has 1 unspecified atom stereocenters. The van der Waals surface area contributed by atoms with Gasteiger partial charge < -0.3 is 15.4 Å². The Balaban J connectivity index is 0.00000338. The lowest BCUT2D eigenvalue weighted by molar-refractivity contribution is 0.0243. The van der Waals surface area contributed by atoms with E-state index in [1.807, 2.05) is 0 Å². The predicted molar refractivity (Wildman–Crippen MR) is 115 cm³/mol. The highest BCUT2D eigenvalue weighted by Gasteiger charge is 2.29. The molecule has 1 aliphatic rings. The third-order valence-electron chi connectivity index (χ3n) is 4.32. The zero-order chi connectivity index (χ0) is 18.5. The number of nitrogens with one attached hydrogen (secondary N) is 2. The summed E-state index contributed by atoms with van der Waals surface area (Å²) in [4.78, 5) is 4.50. The van der Waals surface area contributed by atoms with Crippen molar-refractivity contribution in [2.24, 2.45) is 4.99 Å². The van der Waals surface area contributed by atoms with E-state index in [4.69, 9.17) is 4.74 Å². The number of guanidine groups is 1. The summed E-state index contributed by atoms with van der Waals surface area (Å²) >= 11 is 0. The van der Waals surface area contributed by atoms with Gasteiger partial charge in [-0.2, -0.15) is 0 Å². The number of hydrogen-bond acceptors (Lipinski definition) is 4. The molecule has 0 amide bonds. The van der Waals surface area contributed by atoms with E-state index in [9.17, 15) is 8.42 Å². The Hall–Kier alpha value is -0.910. The second-order valence-electron chi connectivity index (χ2n) is 6.61. The van der Waals surface area contributed by atoms with Gasteiger partial charge in [-0.15, -0.1) is 24.0 Å². The predicted octanol–water partition coefficient (Wildman–Crippen LogP) is 1.79. The first-order valence-corrected chi connectivity index (χ1v) is 9.81. The molecule has 0 bridgehead atoms. The van der Waals surface area contributed by atoms with E-state index in [0.717, 1.165) is 25.0 Å². The summed E-state index contributed by atoms with van der Waals surface area (Å²) in [5.41, 5.74) is 0.837. The first-order valence-electron chi connectivity index (χ1n) is 8.37. The van der Waals surface area contributed by atoms with Gasteiger partial charge in [0.25, 0.3) is 0 Å². The van der Waals surface area contributed by atoms with Gasteiger partial charge >= 0.3 is 0 Å². The molecule has 2 N–H and O–H groups in total. The lowest BCUT2D eigenvalue weighted by Gasteiger charge is -2.24. The van der Waals surface area contributed by atoms with Gasteiger partial charge in [0.05, 0.1) is 10.5 Å². The maximum atomic E-state index is 12.1. The SMILES string of the molecule is CN=C(NCc1ccc(S(=O)(=O)N(C)C)cc1)NCC1(C)CCCO1.I. The fourth-order valence-electron chi connectivity index (χ4n) is 2.64. The molecular formula is C17H29IN4O3S. The first kappa shape index (κ1) is 23.1. The van der Waals surface area contributed by atoms with Crippen LogP contribution in [0.4, 0.5) is 0 Å². The van der Waals surface area contributed by atoms with Crippen LogP contribution in [0.3, 0.4) is 0 Å². The molecule has 1 atom stereocenters. The Labute approximate surface area is 173 Å². The van der Waals surface area contributed by atoms with Crippen LogP contribution >= 0.6 is 24.0 Å². The third-order valence-corrected chi connectivity index (χ3v) is 6.15. The maximum absolute atomic E-state index is 12.1. The fourth-order valence-corrected chi connectivity index (χ4v) is 3.55. The summed E-state index contributed by atoms with van der Waals surface area (Å²) < 4.78 is 31.1. The molecule has 0 saturated carbocycles. The van der Waals surface area contributed by atoms with Gasteiger partial charge in [0.1, 0.15) is 0 Å². The second-order valence-corrected chi connectivity index (χ2v) is 8.76. The van der Waals surface area contributed by atoms with Crippen LogP contribution in [0.1, 0.15) is 25.3 Å². The highest BCUT2D eigenvalue weighted by atomic mass is 127. The van der Waals surface area contributed by atoms with Gasteiger partial charge in [-0.25, -0.2) is 12.7 Å². The van der Waals surface area contributed by atoms with E-state index in [-0.39, 0.29) is 34.5 Å². The molecule has 0 aliphatic carbocycles. The molecule has 9 heteroatoms. The minimum atomic E-state index is -3.39. The van der Waals surface area contributed by atoms with Crippen molar-refractivity contribution >= 4 is 40.0 Å². The minimum Gasteiger partial charge on any atom is -0.373 e. The van der Waals surface area contributed by atoms with Crippen LogP contribution in [0.25, 0.3) is 0 Å². The largest absolute Gasteiger partial charge is 0.373 e. The van der Waals surface area contributed by atoms with Crippen molar-refractivity contribution in [3.05, 3.63) is 29.8 Å². The van der Waals surface area contributed by atoms with Crippen molar-refractivity contribution < 1.29 is 13.2 Å². The van der Waals surface area contributed by atoms with Crippen LogP contribution in [-0.4, -0.2) is 58.6 Å². The molecule has 1 saturated heterocycles. The van der Waals surface area contributed by atoms with Crippen molar-refractivity contribution in [1.82, 2.24) is 14.9 Å². The summed E-state index contributed by atoms with van der Waals surface area (Å²) in [6.45, 7) is 4.17. The highest BCUT2D eigenvalue weighted by molar-refractivity contribution is 14.0. The summed E-state index contributed by atoms with van der Waals surface area (Å²) in [6.07, 6.45) is 2.13. The number of aliphatic imine (C=N–C) groups is 1. The monoisotopic (exact) mass is 496 g/mol. The molecule has 0 radical (unpaired) electrons. The van der Waals surface area contributed by atoms with E-state index >= 15 is 0 Å². The molecule has 0 aromatic heterocycles. The molecule has 1 fully saturated rings. The number of rotatable bonds is 6. The Kier molecular flexibility index (Phi) is 8.77. The Morgan fingerprint density at radius 2 is 1.92 bits per heavy atom. The second kappa shape index (κ2) is 9.86.